The van der Waals surface area contributed by atoms with Crippen LogP contribution in [0.4, 0.5) is 5.69 Å². The summed E-state index contributed by atoms with van der Waals surface area (Å²) in [5.41, 5.74) is 0.642. The number of anilines is 1. The predicted octanol–water partition coefficient (Wildman–Crippen LogP) is 5.71. The first kappa shape index (κ1) is 26.3. The molecule has 0 aromatic heterocycles. The molecular formula is C26H27Cl2N3O4S. The van der Waals surface area contributed by atoms with Crippen LogP contribution in [0, 0.1) is 5.92 Å². The van der Waals surface area contributed by atoms with Gasteiger partial charge < -0.3 is 15.4 Å². The molecule has 4 rings (SSSR count). The number of halogens is 2. The van der Waals surface area contributed by atoms with Gasteiger partial charge in [0.1, 0.15) is 5.75 Å². The maximum atomic E-state index is 13.0. The van der Waals surface area contributed by atoms with Crippen molar-refractivity contribution in [2.75, 3.05) is 24.4 Å². The highest BCUT2D eigenvalue weighted by Gasteiger charge is 2.19. The third-order valence-electron chi connectivity index (χ3n) is 5.97. The van der Waals surface area contributed by atoms with Gasteiger partial charge in [-0.05, 0) is 92.9 Å². The van der Waals surface area contributed by atoms with Crippen molar-refractivity contribution in [1.29, 1.82) is 0 Å². The number of rotatable bonds is 9. The fourth-order valence-corrected chi connectivity index (χ4v) is 5.49. The van der Waals surface area contributed by atoms with Crippen molar-refractivity contribution in [3.63, 3.8) is 0 Å². The predicted molar refractivity (Wildman–Crippen MR) is 143 cm³/mol. The number of benzene rings is 3. The summed E-state index contributed by atoms with van der Waals surface area (Å²) in [6.45, 7) is 2.64. The first-order valence-electron chi connectivity index (χ1n) is 11.7. The van der Waals surface area contributed by atoms with Gasteiger partial charge in [0.2, 0.25) is 0 Å². The van der Waals surface area contributed by atoms with Crippen LogP contribution in [-0.2, 0) is 10.0 Å². The number of amides is 1. The Morgan fingerprint density at radius 1 is 0.972 bits per heavy atom. The summed E-state index contributed by atoms with van der Waals surface area (Å²) in [7, 11) is -3.94. The average molecular weight is 548 g/mol. The van der Waals surface area contributed by atoms with Crippen molar-refractivity contribution in [3.8, 4) is 11.5 Å². The molecule has 36 heavy (non-hydrogen) atoms. The van der Waals surface area contributed by atoms with Gasteiger partial charge in [-0.3, -0.25) is 9.52 Å². The first-order chi connectivity index (χ1) is 17.3. The van der Waals surface area contributed by atoms with Crippen LogP contribution in [-0.4, -0.2) is 34.0 Å². The number of ether oxygens (including phenoxy) is 1. The number of nitrogens with one attached hydrogen (secondary N) is 3. The molecule has 3 aromatic carbocycles. The molecular weight excluding hydrogens is 521 g/mol. The second-order valence-corrected chi connectivity index (χ2v) is 11.1. The Balaban J connectivity index is 1.40. The maximum absolute atomic E-state index is 13.0. The van der Waals surface area contributed by atoms with Gasteiger partial charge in [0.15, 0.2) is 5.75 Å². The standard InChI is InChI=1S/C26H27Cl2N3O4S/c27-20-7-10-24(22(28)17-20)35-25-4-2-1-3-23(25)31-36(33,34)21-8-5-19(6-9-21)26(32)30-16-13-18-11-14-29-15-12-18/h1-10,17-18,29,31H,11-16H2,(H,30,32). The Labute approximate surface area is 221 Å². The highest BCUT2D eigenvalue weighted by atomic mass is 35.5. The molecule has 1 aliphatic heterocycles. The molecule has 0 unspecified atom stereocenters. The van der Waals surface area contributed by atoms with E-state index < -0.39 is 10.0 Å². The Morgan fingerprint density at radius 2 is 1.69 bits per heavy atom. The fourth-order valence-electron chi connectivity index (χ4n) is 3.97. The molecule has 3 aromatic rings. The van der Waals surface area contributed by atoms with Crippen LogP contribution in [0.5, 0.6) is 11.5 Å². The minimum atomic E-state index is -3.94. The van der Waals surface area contributed by atoms with Crippen molar-refractivity contribution >= 4 is 44.8 Å². The molecule has 0 radical (unpaired) electrons. The van der Waals surface area contributed by atoms with Crippen LogP contribution in [0.2, 0.25) is 10.0 Å². The van der Waals surface area contributed by atoms with Crippen molar-refractivity contribution in [1.82, 2.24) is 10.6 Å². The summed E-state index contributed by atoms with van der Waals surface area (Å²) < 4.78 is 34.4. The molecule has 3 N–H and O–H groups in total. The minimum Gasteiger partial charge on any atom is -0.454 e. The van der Waals surface area contributed by atoms with E-state index in [1.807, 2.05) is 0 Å². The first-order valence-corrected chi connectivity index (χ1v) is 13.9. The third kappa shape index (κ3) is 6.91. The second-order valence-electron chi connectivity index (χ2n) is 8.54. The largest absolute Gasteiger partial charge is 0.454 e. The number of hydrogen-bond acceptors (Lipinski definition) is 5. The molecule has 190 valence electrons. The lowest BCUT2D eigenvalue weighted by Crippen LogP contribution is -2.31. The Kier molecular flexibility index (Phi) is 8.74. The highest BCUT2D eigenvalue weighted by Crippen LogP contribution is 2.35. The van der Waals surface area contributed by atoms with Crippen molar-refractivity contribution < 1.29 is 17.9 Å². The summed E-state index contributed by atoms with van der Waals surface area (Å²) in [5, 5.41) is 7.01. The van der Waals surface area contributed by atoms with Crippen LogP contribution < -0.4 is 20.1 Å². The van der Waals surface area contributed by atoms with Crippen molar-refractivity contribution in [2.24, 2.45) is 5.92 Å². The molecule has 1 amide bonds. The van der Waals surface area contributed by atoms with E-state index in [-0.39, 0.29) is 22.2 Å². The number of carbonyl (C=O) groups is 1. The van der Waals surface area contributed by atoms with E-state index in [0.29, 0.717) is 33.8 Å². The normalized spacial score (nSPS) is 14.3. The van der Waals surface area contributed by atoms with Crippen LogP contribution in [0.3, 0.4) is 0 Å². The molecule has 0 bridgehead atoms. The summed E-state index contributed by atoms with van der Waals surface area (Å²) in [4.78, 5) is 12.5. The second kappa shape index (κ2) is 12.0. The van der Waals surface area contributed by atoms with Gasteiger partial charge in [-0.25, -0.2) is 8.42 Å². The lowest BCUT2D eigenvalue weighted by molar-refractivity contribution is 0.0950. The lowest BCUT2D eigenvalue weighted by Gasteiger charge is -2.22. The van der Waals surface area contributed by atoms with E-state index in [1.165, 1.54) is 30.3 Å². The molecule has 1 aliphatic rings. The smallest absolute Gasteiger partial charge is 0.262 e. The van der Waals surface area contributed by atoms with E-state index in [0.717, 1.165) is 32.4 Å². The van der Waals surface area contributed by atoms with Gasteiger partial charge in [0, 0.05) is 17.1 Å². The summed E-state index contributed by atoms with van der Waals surface area (Å²) in [5.74, 6) is 1.01. The minimum absolute atomic E-state index is 0.0214. The highest BCUT2D eigenvalue weighted by molar-refractivity contribution is 7.92. The van der Waals surface area contributed by atoms with Crippen LogP contribution in [0.25, 0.3) is 0 Å². The lowest BCUT2D eigenvalue weighted by atomic mass is 9.95. The SMILES string of the molecule is O=C(NCCC1CCNCC1)c1ccc(S(=O)(=O)Nc2ccccc2Oc2ccc(Cl)cc2Cl)cc1. The van der Waals surface area contributed by atoms with Crippen molar-refractivity contribution in [3.05, 3.63) is 82.3 Å². The number of hydrogen-bond donors (Lipinski definition) is 3. The van der Waals surface area contributed by atoms with Crippen LogP contribution in [0.15, 0.2) is 71.6 Å². The zero-order valence-electron chi connectivity index (χ0n) is 19.5. The zero-order chi connectivity index (χ0) is 25.5. The monoisotopic (exact) mass is 547 g/mol. The zero-order valence-corrected chi connectivity index (χ0v) is 21.8. The topological polar surface area (TPSA) is 96.5 Å². The average Bonchev–Trinajstić information content (AvgIpc) is 2.87. The number of carbonyl (C=O) groups excluding carboxylic acids is 1. The van der Waals surface area contributed by atoms with E-state index in [4.69, 9.17) is 27.9 Å². The molecule has 7 nitrogen and oxygen atoms in total. The van der Waals surface area contributed by atoms with Gasteiger partial charge in [-0.15, -0.1) is 0 Å². The fraction of sp³-hybridized carbons (Fsp3) is 0.269. The van der Waals surface area contributed by atoms with Gasteiger partial charge in [-0.1, -0.05) is 35.3 Å². The number of para-hydroxylation sites is 2. The van der Waals surface area contributed by atoms with E-state index in [1.54, 1.807) is 36.4 Å². The van der Waals surface area contributed by atoms with Gasteiger partial charge in [-0.2, -0.15) is 0 Å². The van der Waals surface area contributed by atoms with Crippen molar-refractivity contribution in [2.45, 2.75) is 24.2 Å². The van der Waals surface area contributed by atoms with Gasteiger partial charge >= 0.3 is 0 Å². The molecule has 10 heteroatoms. The Hall–Kier alpha value is -2.78. The molecule has 1 fully saturated rings. The van der Waals surface area contributed by atoms with Gasteiger partial charge in [0.25, 0.3) is 15.9 Å². The third-order valence-corrected chi connectivity index (χ3v) is 7.88. The molecule has 0 spiro atoms. The Bertz CT molecular complexity index is 1310. The molecule has 0 atom stereocenters. The quantitative estimate of drug-likeness (QED) is 0.319. The molecule has 1 saturated heterocycles. The van der Waals surface area contributed by atoms with Gasteiger partial charge in [0.05, 0.1) is 15.6 Å². The molecule has 0 aliphatic carbocycles. The number of sulfonamides is 1. The summed E-state index contributed by atoms with van der Waals surface area (Å²) in [6, 6.07) is 17.2. The summed E-state index contributed by atoms with van der Waals surface area (Å²) in [6.07, 6.45) is 3.18. The van der Waals surface area contributed by atoms with E-state index >= 15 is 0 Å². The van der Waals surface area contributed by atoms with Crippen LogP contribution >= 0.6 is 23.2 Å². The Morgan fingerprint density at radius 3 is 2.42 bits per heavy atom. The molecule has 1 heterocycles. The van der Waals surface area contributed by atoms with E-state index in [9.17, 15) is 13.2 Å². The van der Waals surface area contributed by atoms with E-state index in [2.05, 4.69) is 15.4 Å². The molecule has 0 saturated carbocycles. The number of piperidine rings is 1. The maximum Gasteiger partial charge on any atom is 0.262 e. The summed E-state index contributed by atoms with van der Waals surface area (Å²) >= 11 is 12.1. The van der Waals surface area contributed by atoms with Crippen LogP contribution in [0.1, 0.15) is 29.6 Å².